The van der Waals surface area contributed by atoms with Crippen molar-refractivity contribution in [3.63, 3.8) is 0 Å². The van der Waals surface area contributed by atoms with Crippen LogP contribution >= 0.6 is 0 Å². The molecule has 11 heavy (non-hydrogen) atoms. The summed E-state index contributed by atoms with van der Waals surface area (Å²) in [6.45, 7) is 13.6. The largest absolute Gasteiger partial charge is 0.343 e. The van der Waals surface area contributed by atoms with Gasteiger partial charge in [-0.05, 0) is 33.1 Å². The molecule has 0 N–H and O–H groups in total. The predicted molar refractivity (Wildman–Crippen MR) is 54.4 cm³/mol. The Balaban J connectivity index is 3.99. The van der Waals surface area contributed by atoms with E-state index < -0.39 is 0 Å². The van der Waals surface area contributed by atoms with Gasteiger partial charge in [-0.2, -0.15) is 0 Å². The Hall–Kier alpha value is 0.0249. The summed E-state index contributed by atoms with van der Waals surface area (Å²) in [7, 11) is 3.34. The second kappa shape index (κ2) is 3.18. The molecule has 0 aliphatic carbocycles. The van der Waals surface area contributed by atoms with Crippen LogP contribution in [0.2, 0.25) is 5.31 Å². The maximum absolute atomic E-state index is 2.40. The molecule has 0 atom stereocenters. The summed E-state index contributed by atoms with van der Waals surface area (Å²) < 4.78 is 0. The van der Waals surface area contributed by atoms with Crippen molar-refractivity contribution in [1.82, 2.24) is 4.81 Å². The first kappa shape index (κ1) is 11.0. The molecule has 0 unspecified atom stereocenters. The zero-order valence-electron chi connectivity index (χ0n) is 9.15. The van der Waals surface area contributed by atoms with E-state index in [0.29, 0.717) is 10.9 Å². The molecule has 0 spiro atoms. The predicted octanol–water partition coefficient (Wildman–Crippen LogP) is 2.29. The van der Waals surface area contributed by atoms with Gasteiger partial charge in [0.2, 0.25) is 7.41 Å². The van der Waals surface area contributed by atoms with E-state index in [1.807, 2.05) is 0 Å². The highest BCUT2D eigenvalue weighted by Gasteiger charge is 2.23. The molecule has 0 saturated carbocycles. The highest BCUT2D eigenvalue weighted by atomic mass is 15.1. The maximum atomic E-state index is 2.40. The summed E-state index contributed by atoms with van der Waals surface area (Å²) in [6.07, 6.45) is 0. The van der Waals surface area contributed by atoms with Crippen LogP contribution in [0.4, 0.5) is 0 Å². The van der Waals surface area contributed by atoms with E-state index in [1.54, 1.807) is 0 Å². The molecule has 0 aromatic heterocycles. The molecular weight excluding hydrogens is 133 g/mol. The van der Waals surface area contributed by atoms with Crippen molar-refractivity contribution in [2.24, 2.45) is 0 Å². The second-order valence-electron chi connectivity index (χ2n) is 5.59. The normalized spacial score (nSPS) is 13.8. The quantitative estimate of drug-likeness (QED) is 0.525. The van der Waals surface area contributed by atoms with Gasteiger partial charge in [-0.15, -0.1) is 0 Å². The Kier molecular flexibility index (Phi) is 3.19. The Morgan fingerprint density at radius 2 is 1.27 bits per heavy atom. The standard InChI is InChI=1S/C9H22BN/c1-8(2,3)10-11(7)9(4,5)6/h10H,1-7H3. The van der Waals surface area contributed by atoms with Crippen molar-refractivity contribution < 1.29 is 0 Å². The number of nitrogens with zero attached hydrogens (tertiary/aromatic N) is 1. The van der Waals surface area contributed by atoms with Crippen LogP contribution in [0, 0.1) is 0 Å². The van der Waals surface area contributed by atoms with E-state index in [1.165, 1.54) is 0 Å². The highest BCUT2D eigenvalue weighted by Crippen LogP contribution is 2.24. The minimum Gasteiger partial charge on any atom is -0.343 e. The monoisotopic (exact) mass is 155 g/mol. The molecule has 0 saturated heterocycles. The third-order valence-electron chi connectivity index (χ3n) is 1.86. The number of hydrogen-bond acceptors (Lipinski definition) is 1. The molecule has 0 aliphatic heterocycles. The van der Waals surface area contributed by atoms with E-state index in [-0.39, 0.29) is 0 Å². The fraction of sp³-hybridized carbons (Fsp3) is 1.00. The lowest BCUT2D eigenvalue weighted by atomic mass is 9.62. The first-order chi connectivity index (χ1) is 4.63. The lowest BCUT2D eigenvalue weighted by Gasteiger charge is -2.35. The molecule has 1 nitrogen and oxygen atoms in total. The fourth-order valence-corrected chi connectivity index (χ4v) is 0.949. The molecule has 0 aromatic rings. The SMILES string of the molecule is CN(BC(C)(C)C)C(C)(C)C. The van der Waals surface area contributed by atoms with Gasteiger partial charge in [0.25, 0.3) is 0 Å². The Morgan fingerprint density at radius 1 is 0.909 bits per heavy atom. The van der Waals surface area contributed by atoms with Gasteiger partial charge in [-0.25, -0.2) is 0 Å². The average Bonchev–Trinajstić information content (AvgIpc) is 1.56. The third-order valence-corrected chi connectivity index (χ3v) is 1.86. The van der Waals surface area contributed by atoms with E-state index >= 15 is 0 Å². The zero-order chi connectivity index (χ0) is 9.28. The molecule has 0 bridgehead atoms. The lowest BCUT2D eigenvalue weighted by molar-refractivity contribution is 0.291. The van der Waals surface area contributed by atoms with Gasteiger partial charge in [0, 0.05) is 5.54 Å². The van der Waals surface area contributed by atoms with Crippen LogP contribution in [0.3, 0.4) is 0 Å². The van der Waals surface area contributed by atoms with Crippen LogP contribution in [0.1, 0.15) is 41.5 Å². The highest BCUT2D eigenvalue weighted by molar-refractivity contribution is 6.36. The van der Waals surface area contributed by atoms with Crippen LogP contribution in [0.15, 0.2) is 0 Å². The minimum atomic E-state index is 0.299. The Bertz CT molecular complexity index is 119. The van der Waals surface area contributed by atoms with Gasteiger partial charge < -0.3 is 4.81 Å². The first-order valence-corrected chi connectivity index (χ1v) is 4.34. The molecule has 0 aliphatic rings. The summed E-state index contributed by atoms with van der Waals surface area (Å²) in [5.74, 6) is 0. The second-order valence-corrected chi connectivity index (χ2v) is 5.59. The smallest absolute Gasteiger partial charge is 0.210 e. The average molecular weight is 155 g/mol. The van der Waals surface area contributed by atoms with Gasteiger partial charge >= 0.3 is 0 Å². The summed E-state index contributed by atoms with van der Waals surface area (Å²) in [4.78, 5) is 2.40. The molecule has 0 heterocycles. The summed E-state index contributed by atoms with van der Waals surface area (Å²) in [6, 6.07) is 0. The van der Waals surface area contributed by atoms with Crippen LogP contribution in [0.5, 0.6) is 0 Å². The molecule has 0 fully saturated rings. The summed E-state index contributed by atoms with van der Waals surface area (Å²) in [5.41, 5.74) is 0.299. The van der Waals surface area contributed by atoms with Crippen LogP contribution in [-0.4, -0.2) is 24.8 Å². The van der Waals surface area contributed by atoms with Crippen LogP contribution in [-0.2, 0) is 0 Å². The number of hydrogen-bond donors (Lipinski definition) is 0. The summed E-state index contributed by atoms with van der Waals surface area (Å²) >= 11 is 0. The van der Waals surface area contributed by atoms with Gasteiger partial charge in [-0.1, -0.05) is 20.8 Å². The minimum absolute atomic E-state index is 0.299. The fourth-order valence-electron chi connectivity index (χ4n) is 0.949. The molecular formula is C9H22BN. The van der Waals surface area contributed by atoms with Crippen LogP contribution < -0.4 is 0 Å². The van der Waals surface area contributed by atoms with E-state index in [9.17, 15) is 0 Å². The van der Waals surface area contributed by atoms with Crippen molar-refractivity contribution >= 4 is 7.41 Å². The van der Waals surface area contributed by atoms with Crippen molar-refractivity contribution in [3.05, 3.63) is 0 Å². The topological polar surface area (TPSA) is 3.24 Å². The molecule has 2 heteroatoms. The Morgan fingerprint density at radius 3 is 1.36 bits per heavy atom. The summed E-state index contributed by atoms with van der Waals surface area (Å²) in [5, 5.41) is 0.405. The number of rotatable bonds is 1. The van der Waals surface area contributed by atoms with Gasteiger partial charge in [0.1, 0.15) is 0 Å². The van der Waals surface area contributed by atoms with Crippen LogP contribution in [0.25, 0.3) is 0 Å². The van der Waals surface area contributed by atoms with Crippen molar-refractivity contribution in [1.29, 1.82) is 0 Å². The van der Waals surface area contributed by atoms with E-state index in [2.05, 4.69) is 53.4 Å². The third kappa shape index (κ3) is 5.31. The lowest BCUT2D eigenvalue weighted by Crippen LogP contribution is -2.43. The molecule has 0 radical (unpaired) electrons. The zero-order valence-corrected chi connectivity index (χ0v) is 9.15. The van der Waals surface area contributed by atoms with Crippen molar-refractivity contribution in [3.8, 4) is 0 Å². The van der Waals surface area contributed by atoms with Crippen molar-refractivity contribution in [2.45, 2.75) is 52.4 Å². The van der Waals surface area contributed by atoms with Gasteiger partial charge in [0.05, 0.1) is 0 Å². The Labute approximate surface area is 72.4 Å². The maximum Gasteiger partial charge on any atom is 0.210 e. The first-order valence-electron chi connectivity index (χ1n) is 4.34. The molecule has 66 valence electrons. The molecule has 0 aromatic carbocycles. The van der Waals surface area contributed by atoms with Gasteiger partial charge in [0.15, 0.2) is 0 Å². The van der Waals surface area contributed by atoms with Gasteiger partial charge in [-0.3, -0.25) is 0 Å². The van der Waals surface area contributed by atoms with E-state index in [0.717, 1.165) is 7.41 Å². The molecule has 0 rings (SSSR count). The molecule has 0 amide bonds. The van der Waals surface area contributed by atoms with Crippen molar-refractivity contribution in [2.75, 3.05) is 7.05 Å². The van der Waals surface area contributed by atoms with E-state index in [4.69, 9.17) is 0 Å².